The number of pyridine rings is 1. The van der Waals surface area contributed by atoms with E-state index in [2.05, 4.69) is 20.0 Å². The molecule has 162 valence electrons. The molecule has 1 fully saturated rings. The van der Waals surface area contributed by atoms with Crippen molar-refractivity contribution < 1.29 is 23.9 Å². The lowest BCUT2D eigenvalue weighted by atomic mass is 10.1. The first kappa shape index (κ1) is 21.0. The molecule has 0 amide bonds. The van der Waals surface area contributed by atoms with Crippen LogP contribution < -0.4 is 4.74 Å². The van der Waals surface area contributed by atoms with Crippen LogP contribution >= 0.6 is 0 Å². The molecule has 1 aliphatic rings. The number of hydrogen-bond acceptors (Lipinski definition) is 8. The van der Waals surface area contributed by atoms with Gasteiger partial charge in [-0.1, -0.05) is 17.3 Å². The Kier molecular flexibility index (Phi) is 6.54. The highest BCUT2D eigenvalue weighted by atomic mass is 16.5. The Morgan fingerprint density at radius 2 is 2.10 bits per heavy atom. The van der Waals surface area contributed by atoms with Gasteiger partial charge in [0.1, 0.15) is 18.1 Å². The first-order valence-corrected chi connectivity index (χ1v) is 10.1. The van der Waals surface area contributed by atoms with Crippen molar-refractivity contribution in [2.24, 2.45) is 0 Å². The van der Waals surface area contributed by atoms with Crippen molar-refractivity contribution in [2.45, 2.75) is 25.4 Å². The number of methoxy groups -OCH3 is 1. The molecule has 3 aromatic rings. The smallest absolute Gasteiger partial charge is 0.335 e. The molecule has 3 heterocycles. The van der Waals surface area contributed by atoms with Gasteiger partial charge in [0.2, 0.25) is 11.7 Å². The van der Waals surface area contributed by atoms with Gasteiger partial charge < -0.3 is 19.1 Å². The zero-order valence-corrected chi connectivity index (χ0v) is 17.2. The molecule has 31 heavy (non-hydrogen) atoms. The van der Waals surface area contributed by atoms with E-state index in [-0.39, 0.29) is 11.6 Å². The third-order valence-electron chi connectivity index (χ3n) is 5.19. The van der Waals surface area contributed by atoms with Gasteiger partial charge in [-0.3, -0.25) is 9.88 Å². The van der Waals surface area contributed by atoms with E-state index in [1.54, 1.807) is 37.6 Å². The number of carboxylic acids is 1. The Labute approximate surface area is 179 Å². The van der Waals surface area contributed by atoms with Crippen molar-refractivity contribution in [1.82, 2.24) is 20.0 Å². The van der Waals surface area contributed by atoms with Crippen molar-refractivity contribution in [3.63, 3.8) is 0 Å². The summed E-state index contributed by atoms with van der Waals surface area (Å²) in [7, 11) is 1.62. The second-order valence-electron chi connectivity index (χ2n) is 7.30. The van der Waals surface area contributed by atoms with Crippen molar-refractivity contribution in [1.29, 1.82) is 0 Å². The standard InChI is InChI=1S/C22H24N4O5/c1-29-11-12-30-17-8-9-23-18(13-17)20-24-21(31-25-20)19-3-2-10-26(19)14-15-4-6-16(7-5-15)22(27)28/h4-9,13,19H,2-3,10-12,14H2,1H3,(H,27,28)/t19-/m0/s1. The molecule has 0 bridgehead atoms. The first-order valence-electron chi connectivity index (χ1n) is 10.1. The Morgan fingerprint density at radius 1 is 1.26 bits per heavy atom. The summed E-state index contributed by atoms with van der Waals surface area (Å²) in [4.78, 5) is 22.2. The zero-order valence-electron chi connectivity index (χ0n) is 17.2. The topological polar surface area (TPSA) is 111 Å². The normalized spacial score (nSPS) is 16.5. The number of carbonyl (C=O) groups is 1. The molecular weight excluding hydrogens is 400 g/mol. The molecule has 0 aliphatic carbocycles. The number of likely N-dealkylation sites (tertiary alicyclic amines) is 1. The highest BCUT2D eigenvalue weighted by molar-refractivity contribution is 5.87. The number of hydrogen-bond donors (Lipinski definition) is 1. The molecular formula is C22H24N4O5. The maximum absolute atomic E-state index is 11.0. The zero-order chi connectivity index (χ0) is 21.6. The molecule has 1 N–H and O–H groups in total. The van der Waals surface area contributed by atoms with Crippen LogP contribution in [0, 0.1) is 0 Å². The Hall–Kier alpha value is -3.30. The lowest BCUT2D eigenvalue weighted by molar-refractivity contribution is 0.0697. The number of benzene rings is 1. The predicted octanol–water partition coefficient (Wildman–Crippen LogP) is 3.19. The van der Waals surface area contributed by atoms with E-state index < -0.39 is 5.97 Å². The van der Waals surface area contributed by atoms with Gasteiger partial charge in [0.25, 0.3) is 0 Å². The Balaban J connectivity index is 1.45. The summed E-state index contributed by atoms with van der Waals surface area (Å²) in [5.41, 5.74) is 1.90. The molecule has 4 rings (SSSR count). The fourth-order valence-corrected chi connectivity index (χ4v) is 3.62. The van der Waals surface area contributed by atoms with Gasteiger partial charge in [-0.05, 0) is 43.1 Å². The Morgan fingerprint density at radius 3 is 2.87 bits per heavy atom. The van der Waals surface area contributed by atoms with Crippen LogP contribution in [-0.4, -0.2) is 58.0 Å². The fourth-order valence-electron chi connectivity index (χ4n) is 3.62. The van der Waals surface area contributed by atoms with E-state index in [4.69, 9.17) is 19.1 Å². The van der Waals surface area contributed by atoms with Gasteiger partial charge in [-0.25, -0.2) is 4.79 Å². The van der Waals surface area contributed by atoms with Crippen LogP contribution in [0.5, 0.6) is 5.75 Å². The van der Waals surface area contributed by atoms with Crippen LogP contribution in [0.25, 0.3) is 11.5 Å². The molecule has 9 nitrogen and oxygen atoms in total. The van der Waals surface area contributed by atoms with Crippen LogP contribution in [0.1, 0.15) is 40.7 Å². The molecule has 0 radical (unpaired) electrons. The van der Waals surface area contributed by atoms with E-state index in [1.165, 1.54) is 0 Å². The second kappa shape index (κ2) is 9.67. The third kappa shape index (κ3) is 5.07. The van der Waals surface area contributed by atoms with Crippen molar-refractivity contribution in [3.05, 3.63) is 59.6 Å². The van der Waals surface area contributed by atoms with Gasteiger partial charge in [0, 0.05) is 25.9 Å². The molecule has 1 aromatic carbocycles. The lowest BCUT2D eigenvalue weighted by Crippen LogP contribution is -2.23. The van der Waals surface area contributed by atoms with E-state index >= 15 is 0 Å². The number of rotatable bonds is 9. The largest absolute Gasteiger partial charge is 0.491 e. The molecule has 0 spiro atoms. The summed E-state index contributed by atoms with van der Waals surface area (Å²) in [6.07, 6.45) is 3.59. The Bertz CT molecular complexity index is 1020. The number of aromatic carboxylic acids is 1. The van der Waals surface area contributed by atoms with E-state index in [0.717, 1.165) is 24.9 Å². The average Bonchev–Trinajstić information content (AvgIpc) is 3.44. The number of nitrogens with zero attached hydrogens (tertiary/aromatic N) is 4. The third-order valence-corrected chi connectivity index (χ3v) is 5.19. The van der Waals surface area contributed by atoms with Gasteiger partial charge in [-0.15, -0.1) is 0 Å². The van der Waals surface area contributed by atoms with Crippen LogP contribution in [0.15, 0.2) is 47.1 Å². The number of carboxylic acid groups (broad SMARTS) is 1. The van der Waals surface area contributed by atoms with Crippen LogP contribution in [0.3, 0.4) is 0 Å². The monoisotopic (exact) mass is 424 g/mol. The number of ether oxygens (including phenoxy) is 2. The quantitative estimate of drug-likeness (QED) is 0.518. The minimum atomic E-state index is -0.925. The minimum absolute atomic E-state index is 0.0153. The molecule has 9 heteroatoms. The van der Waals surface area contributed by atoms with Gasteiger partial charge in [0.15, 0.2) is 0 Å². The maximum Gasteiger partial charge on any atom is 0.335 e. The van der Waals surface area contributed by atoms with Crippen LogP contribution in [-0.2, 0) is 11.3 Å². The van der Waals surface area contributed by atoms with E-state index in [0.29, 0.717) is 42.9 Å². The summed E-state index contributed by atoms with van der Waals surface area (Å²) in [5, 5.41) is 13.2. The lowest BCUT2D eigenvalue weighted by Gasteiger charge is -2.21. The summed E-state index contributed by atoms with van der Waals surface area (Å²) in [6.45, 7) is 2.54. The first-order chi connectivity index (χ1) is 15.1. The van der Waals surface area contributed by atoms with E-state index in [9.17, 15) is 4.79 Å². The highest BCUT2D eigenvalue weighted by Crippen LogP contribution is 2.33. The van der Waals surface area contributed by atoms with Gasteiger partial charge >= 0.3 is 5.97 Å². The van der Waals surface area contributed by atoms with Crippen molar-refractivity contribution in [2.75, 3.05) is 26.9 Å². The molecule has 1 atom stereocenters. The molecule has 1 aliphatic heterocycles. The SMILES string of the molecule is COCCOc1ccnc(-c2noc([C@@H]3CCCN3Cc3ccc(C(=O)O)cc3)n2)c1. The fraction of sp³-hybridized carbons (Fsp3) is 0.364. The van der Waals surface area contributed by atoms with Gasteiger partial charge in [-0.2, -0.15) is 4.98 Å². The van der Waals surface area contributed by atoms with Gasteiger partial charge in [0.05, 0.1) is 18.2 Å². The summed E-state index contributed by atoms with van der Waals surface area (Å²) < 4.78 is 16.2. The molecule has 0 unspecified atom stereocenters. The predicted molar refractivity (Wildman–Crippen MR) is 111 cm³/mol. The van der Waals surface area contributed by atoms with Crippen molar-refractivity contribution in [3.8, 4) is 17.3 Å². The van der Waals surface area contributed by atoms with Crippen LogP contribution in [0.4, 0.5) is 0 Å². The minimum Gasteiger partial charge on any atom is -0.491 e. The maximum atomic E-state index is 11.0. The second-order valence-corrected chi connectivity index (χ2v) is 7.30. The van der Waals surface area contributed by atoms with Crippen LogP contribution in [0.2, 0.25) is 0 Å². The summed E-state index contributed by atoms with van der Waals surface area (Å²) >= 11 is 0. The molecule has 0 saturated carbocycles. The van der Waals surface area contributed by atoms with E-state index in [1.807, 2.05) is 12.1 Å². The summed E-state index contributed by atoms with van der Waals surface area (Å²) in [6, 6.07) is 10.5. The number of aromatic nitrogens is 3. The molecule has 1 saturated heterocycles. The average molecular weight is 424 g/mol. The van der Waals surface area contributed by atoms with Crippen molar-refractivity contribution >= 4 is 5.97 Å². The molecule has 2 aromatic heterocycles. The summed E-state index contributed by atoms with van der Waals surface area (Å²) in [5.74, 6) is 0.721. The highest BCUT2D eigenvalue weighted by Gasteiger charge is 2.31.